The molecule has 2 aromatic rings. The third kappa shape index (κ3) is 4.76. The summed E-state index contributed by atoms with van der Waals surface area (Å²) < 4.78 is 51.7. The van der Waals surface area contributed by atoms with E-state index in [1.54, 1.807) is 17.0 Å². The summed E-state index contributed by atoms with van der Waals surface area (Å²) in [5.41, 5.74) is 0.943. The van der Waals surface area contributed by atoms with Crippen LogP contribution in [0.3, 0.4) is 0 Å². The first kappa shape index (κ1) is 19.1. The lowest BCUT2D eigenvalue weighted by Crippen LogP contribution is -2.23. The van der Waals surface area contributed by atoms with Crippen molar-refractivity contribution in [2.45, 2.75) is 17.7 Å². The molecule has 0 spiro atoms. The molecule has 1 amide bonds. The molecule has 4 N–H and O–H groups in total. The molecule has 0 aromatic heterocycles. The zero-order valence-electron chi connectivity index (χ0n) is 14.1. The van der Waals surface area contributed by atoms with Gasteiger partial charge in [0.1, 0.15) is 0 Å². The average molecular weight is 410 g/mol. The van der Waals surface area contributed by atoms with E-state index in [1.807, 2.05) is 0 Å². The maximum Gasteiger partial charge on any atom is 0.296 e. The smallest absolute Gasteiger partial charge is 0.296 e. The van der Waals surface area contributed by atoms with Crippen LogP contribution in [0.25, 0.3) is 0 Å². The second-order valence-electron chi connectivity index (χ2n) is 5.98. The summed E-state index contributed by atoms with van der Waals surface area (Å²) in [5, 5.41) is 4.91. The quantitative estimate of drug-likeness (QED) is 0.657. The van der Waals surface area contributed by atoms with Crippen LogP contribution in [0, 0.1) is 0 Å². The van der Waals surface area contributed by atoms with Crippen LogP contribution in [-0.4, -0.2) is 29.3 Å². The van der Waals surface area contributed by atoms with Gasteiger partial charge in [0.15, 0.2) is 0 Å². The molecule has 144 valence electrons. The number of rotatable bonds is 6. The first-order valence-electron chi connectivity index (χ1n) is 7.98. The Morgan fingerprint density at radius 3 is 2.11 bits per heavy atom. The summed E-state index contributed by atoms with van der Waals surface area (Å²) in [6, 6.07) is 11.7. The number of carbonyl (C=O) groups is 1. The number of anilines is 3. The van der Waals surface area contributed by atoms with Crippen LogP contribution in [0.2, 0.25) is 0 Å². The highest BCUT2D eigenvalue weighted by molar-refractivity contribution is 7.92. The van der Waals surface area contributed by atoms with E-state index >= 15 is 0 Å². The molecule has 0 atom stereocenters. The van der Waals surface area contributed by atoms with Gasteiger partial charge in [-0.1, -0.05) is 6.07 Å². The summed E-state index contributed by atoms with van der Waals surface area (Å²) in [4.78, 5) is 13.4. The topological polar surface area (TPSA) is 139 Å². The highest BCUT2D eigenvalue weighted by Gasteiger charge is 2.22. The molecular weight excluding hydrogens is 392 g/mol. The standard InChI is InChI=1S/C16H18N4O5S2/c17-27(24,25)19-13-4-1-3-12(11-13)18-26(22,23)15-8-6-14(7-9-15)20-10-2-5-16(20)21/h1,3-4,6-9,11,18-19H,2,5,10H2,(H2,17,24,25). The van der Waals surface area contributed by atoms with E-state index < -0.39 is 20.2 Å². The van der Waals surface area contributed by atoms with Crippen LogP contribution in [0.5, 0.6) is 0 Å². The van der Waals surface area contributed by atoms with Gasteiger partial charge in [-0.3, -0.25) is 14.2 Å². The Balaban J connectivity index is 1.79. The van der Waals surface area contributed by atoms with Crippen molar-refractivity contribution in [2.75, 3.05) is 20.9 Å². The van der Waals surface area contributed by atoms with Crippen LogP contribution in [-0.2, 0) is 25.0 Å². The zero-order chi connectivity index (χ0) is 19.7. The van der Waals surface area contributed by atoms with Crippen LogP contribution >= 0.6 is 0 Å². The van der Waals surface area contributed by atoms with Gasteiger partial charge in [-0.2, -0.15) is 8.42 Å². The van der Waals surface area contributed by atoms with Gasteiger partial charge in [0.05, 0.1) is 16.3 Å². The first-order chi connectivity index (χ1) is 12.6. The van der Waals surface area contributed by atoms with Crippen LogP contribution in [0.4, 0.5) is 17.1 Å². The van der Waals surface area contributed by atoms with E-state index in [0.717, 1.165) is 6.42 Å². The Morgan fingerprint density at radius 1 is 0.926 bits per heavy atom. The lowest BCUT2D eigenvalue weighted by atomic mass is 10.3. The van der Waals surface area contributed by atoms with Crippen LogP contribution < -0.4 is 19.5 Å². The average Bonchev–Trinajstić information content (AvgIpc) is 2.99. The number of carbonyl (C=O) groups excluding carboxylic acids is 1. The van der Waals surface area contributed by atoms with Gasteiger partial charge in [0.2, 0.25) is 5.91 Å². The van der Waals surface area contributed by atoms with Crippen molar-refractivity contribution in [2.24, 2.45) is 5.14 Å². The number of hydrogen-bond acceptors (Lipinski definition) is 5. The monoisotopic (exact) mass is 410 g/mol. The third-order valence-corrected chi connectivity index (χ3v) is 5.82. The molecule has 1 heterocycles. The summed E-state index contributed by atoms with van der Waals surface area (Å²) in [6.07, 6.45) is 1.27. The van der Waals surface area contributed by atoms with E-state index in [2.05, 4.69) is 9.44 Å². The van der Waals surface area contributed by atoms with Crippen LogP contribution in [0.1, 0.15) is 12.8 Å². The minimum atomic E-state index is -3.97. The number of hydrogen-bond donors (Lipinski definition) is 3. The third-order valence-electron chi connectivity index (χ3n) is 3.91. The Hall–Kier alpha value is -2.63. The zero-order valence-corrected chi connectivity index (χ0v) is 15.8. The number of nitrogens with two attached hydrogens (primary N) is 1. The van der Waals surface area contributed by atoms with E-state index in [4.69, 9.17) is 5.14 Å². The van der Waals surface area contributed by atoms with Crippen molar-refractivity contribution in [3.05, 3.63) is 48.5 Å². The minimum Gasteiger partial charge on any atom is -0.312 e. The van der Waals surface area contributed by atoms with Gasteiger partial charge >= 0.3 is 0 Å². The number of nitrogens with zero attached hydrogens (tertiary/aromatic N) is 1. The SMILES string of the molecule is NS(=O)(=O)Nc1cccc(NS(=O)(=O)c2ccc(N3CCCC3=O)cc2)c1. The maximum atomic E-state index is 12.5. The Morgan fingerprint density at radius 2 is 1.56 bits per heavy atom. The van der Waals surface area contributed by atoms with E-state index in [-0.39, 0.29) is 22.2 Å². The molecule has 3 rings (SSSR count). The second kappa shape index (κ2) is 7.18. The second-order valence-corrected chi connectivity index (χ2v) is 8.95. The fourth-order valence-electron chi connectivity index (χ4n) is 2.75. The van der Waals surface area contributed by atoms with Gasteiger partial charge in [-0.15, -0.1) is 0 Å². The first-order valence-corrected chi connectivity index (χ1v) is 11.0. The molecule has 0 unspecified atom stereocenters. The normalized spacial score (nSPS) is 15.0. The molecule has 0 saturated carbocycles. The number of amides is 1. The van der Waals surface area contributed by atoms with Gasteiger partial charge in [0, 0.05) is 18.7 Å². The Kier molecular flexibility index (Phi) is 5.09. The highest BCUT2D eigenvalue weighted by atomic mass is 32.2. The van der Waals surface area contributed by atoms with Crippen molar-refractivity contribution in [1.82, 2.24) is 0 Å². The molecule has 1 saturated heterocycles. The number of sulfonamides is 1. The predicted molar refractivity (Wildman–Crippen MR) is 102 cm³/mol. The summed E-state index contributed by atoms with van der Waals surface area (Å²) in [5.74, 6) is 0.0166. The molecule has 0 aliphatic carbocycles. The molecule has 1 aliphatic rings. The lowest BCUT2D eigenvalue weighted by molar-refractivity contribution is -0.117. The Labute approximate surface area is 157 Å². The van der Waals surface area contributed by atoms with Crippen molar-refractivity contribution in [1.29, 1.82) is 0 Å². The highest BCUT2D eigenvalue weighted by Crippen LogP contribution is 2.24. The molecule has 0 bridgehead atoms. The van der Waals surface area contributed by atoms with Crippen LogP contribution in [0.15, 0.2) is 53.4 Å². The lowest BCUT2D eigenvalue weighted by Gasteiger charge is -2.16. The minimum absolute atomic E-state index is 0.0164. The molecule has 9 nitrogen and oxygen atoms in total. The van der Waals surface area contributed by atoms with Gasteiger partial charge in [-0.05, 0) is 48.9 Å². The van der Waals surface area contributed by atoms with Crippen molar-refractivity contribution in [3.8, 4) is 0 Å². The fraction of sp³-hybridized carbons (Fsp3) is 0.188. The van der Waals surface area contributed by atoms with Gasteiger partial charge in [-0.25, -0.2) is 13.6 Å². The molecule has 1 fully saturated rings. The van der Waals surface area contributed by atoms with Crippen molar-refractivity contribution >= 4 is 43.2 Å². The number of benzene rings is 2. The molecule has 2 aromatic carbocycles. The van der Waals surface area contributed by atoms with Gasteiger partial charge in [0.25, 0.3) is 20.2 Å². The van der Waals surface area contributed by atoms with E-state index in [1.165, 1.54) is 36.4 Å². The largest absolute Gasteiger partial charge is 0.312 e. The van der Waals surface area contributed by atoms with E-state index in [9.17, 15) is 21.6 Å². The summed E-state index contributed by atoms with van der Waals surface area (Å²) >= 11 is 0. The van der Waals surface area contributed by atoms with Crippen molar-refractivity contribution in [3.63, 3.8) is 0 Å². The fourth-order valence-corrected chi connectivity index (χ4v) is 4.26. The van der Waals surface area contributed by atoms with E-state index in [0.29, 0.717) is 18.7 Å². The molecular formula is C16H18N4O5S2. The van der Waals surface area contributed by atoms with Crippen molar-refractivity contribution < 1.29 is 21.6 Å². The molecule has 11 heteroatoms. The molecule has 0 radical (unpaired) electrons. The summed E-state index contributed by atoms with van der Waals surface area (Å²) in [6.45, 7) is 0.618. The maximum absolute atomic E-state index is 12.5. The summed E-state index contributed by atoms with van der Waals surface area (Å²) in [7, 11) is -7.86. The Bertz CT molecular complexity index is 1070. The molecule has 27 heavy (non-hydrogen) atoms. The predicted octanol–water partition coefficient (Wildman–Crippen LogP) is 1.23. The van der Waals surface area contributed by atoms with Gasteiger partial charge < -0.3 is 4.90 Å². The number of nitrogens with one attached hydrogen (secondary N) is 2. The molecule has 1 aliphatic heterocycles.